The van der Waals surface area contributed by atoms with Gasteiger partial charge in [0.1, 0.15) is 6.04 Å². The van der Waals surface area contributed by atoms with Gasteiger partial charge in [-0.2, -0.15) is 0 Å². The molecule has 6 nitrogen and oxygen atoms in total. The SMILES string of the molecule is CCC(=O)N1CCCCC1C(=O)Nc1ccc(C(=O)NC(C)(C)CC)cc1. The number of amides is 3. The van der Waals surface area contributed by atoms with Gasteiger partial charge in [0.2, 0.25) is 11.8 Å². The minimum Gasteiger partial charge on any atom is -0.347 e. The highest BCUT2D eigenvalue weighted by Crippen LogP contribution is 2.20. The van der Waals surface area contributed by atoms with Crippen LogP contribution >= 0.6 is 0 Å². The summed E-state index contributed by atoms with van der Waals surface area (Å²) in [6.07, 6.45) is 3.80. The highest BCUT2D eigenvalue weighted by atomic mass is 16.2. The van der Waals surface area contributed by atoms with Gasteiger partial charge in [-0.3, -0.25) is 14.4 Å². The molecule has 0 aromatic heterocycles. The van der Waals surface area contributed by atoms with E-state index in [0.29, 0.717) is 30.6 Å². The molecular formula is C21H31N3O3. The Balaban J connectivity index is 2.02. The average Bonchev–Trinajstić information content (AvgIpc) is 2.67. The highest BCUT2D eigenvalue weighted by Gasteiger charge is 2.31. The standard InChI is InChI=1S/C21H31N3O3/c1-5-18(25)24-14-8-7-9-17(24)20(27)22-16-12-10-15(11-13-16)19(26)23-21(3,4)6-2/h10-13,17H,5-9,14H2,1-4H3,(H,22,27)(H,23,26). The largest absolute Gasteiger partial charge is 0.347 e. The molecule has 1 aromatic carbocycles. The molecule has 0 saturated carbocycles. The molecule has 0 aliphatic carbocycles. The van der Waals surface area contributed by atoms with Gasteiger partial charge in [0.15, 0.2) is 0 Å². The van der Waals surface area contributed by atoms with Crippen LogP contribution in [0.3, 0.4) is 0 Å². The van der Waals surface area contributed by atoms with Crippen LogP contribution in [0.2, 0.25) is 0 Å². The lowest BCUT2D eigenvalue weighted by Crippen LogP contribution is -2.49. The Hall–Kier alpha value is -2.37. The first kappa shape index (κ1) is 20.9. The topological polar surface area (TPSA) is 78.5 Å². The second-order valence-corrected chi connectivity index (χ2v) is 7.71. The molecular weight excluding hydrogens is 342 g/mol. The molecule has 1 unspecified atom stereocenters. The molecule has 148 valence electrons. The van der Waals surface area contributed by atoms with Gasteiger partial charge in [0.25, 0.3) is 5.91 Å². The molecule has 0 spiro atoms. The monoisotopic (exact) mass is 373 g/mol. The van der Waals surface area contributed by atoms with Crippen LogP contribution in [0.1, 0.15) is 70.2 Å². The van der Waals surface area contributed by atoms with Crippen LogP contribution in [0, 0.1) is 0 Å². The number of hydrogen-bond acceptors (Lipinski definition) is 3. The van der Waals surface area contributed by atoms with Crippen molar-refractivity contribution in [1.82, 2.24) is 10.2 Å². The van der Waals surface area contributed by atoms with Gasteiger partial charge >= 0.3 is 0 Å². The summed E-state index contributed by atoms with van der Waals surface area (Å²) in [5, 5.41) is 5.87. The Morgan fingerprint density at radius 2 is 1.78 bits per heavy atom. The number of piperidine rings is 1. The lowest BCUT2D eigenvalue weighted by Gasteiger charge is -2.34. The Morgan fingerprint density at radius 3 is 2.37 bits per heavy atom. The Labute approximate surface area is 161 Å². The van der Waals surface area contributed by atoms with E-state index in [-0.39, 0.29) is 23.3 Å². The van der Waals surface area contributed by atoms with E-state index >= 15 is 0 Å². The van der Waals surface area contributed by atoms with Crippen LogP contribution < -0.4 is 10.6 Å². The third-order valence-electron chi connectivity index (χ3n) is 5.18. The number of nitrogens with zero attached hydrogens (tertiary/aromatic N) is 1. The van der Waals surface area contributed by atoms with E-state index in [4.69, 9.17) is 0 Å². The summed E-state index contributed by atoms with van der Waals surface area (Å²) in [5.41, 5.74) is 0.913. The summed E-state index contributed by atoms with van der Waals surface area (Å²) < 4.78 is 0. The molecule has 27 heavy (non-hydrogen) atoms. The summed E-state index contributed by atoms with van der Waals surface area (Å²) in [5.74, 6) is -0.284. The molecule has 1 aromatic rings. The van der Waals surface area contributed by atoms with Crippen molar-refractivity contribution >= 4 is 23.4 Å². The zero-order chi connectivity index (χ0) is 20.0. The van der Waals surface area contributed by atoms with Crippen LogP contribution in [0.25, 0.3) is 0 Å². The normalized spacial score (nSPS) is 17.3. The quantitative estimate of drug-likeness (QED) is 0.803. The molecule has 2 rings (SSSR count). The minimum absolute atomic E-state index is 0.0143. The fourth-order valence-electron chi connectivity index (χ4n) is 3.10. The number of hydrogen-bond donors (Lipinski definition) is 2. The first-order chi connectivity index (χ1) is 12.8. The molecule has 2 N–H and O–H groups in total. The molecule has 1 atom stereocenters. The maximum Gasteiger partial charge on any atom is 0.251 e. The molecule has 1 saturated heterocycles. The summed E-state index contributed by atoms with van der Waals surface area (Å²) in [4.78, 5) is 38.7. The van der Waals surface area contributed by atoms with Crippen LogP contribution in [0.4, 0.5) is 5.69 Å². The van der Waals surface area contributed by atoms with Gasteiger partial charge in [0.05, 0.1) is 0 Å². The van der Waals surface area contributed by atoms with E-state index in [1.807, 2.05) is 27.7 Å². The van der Waals surface area contributed by atoms with Crippen molar-refractivity contribution in [3.8, 4) is 0 Å². The third kappa shape index (κ3) is 5.55. The van der Waals surface area contributed by atoms with Crippen molar-refractivity contribution in [1.29, 1.82) is 0 Å². The first-order valence-corrected chi connectivity index (χ1v) is 9.80. The summed E-state index contributed by atoms with van der Waals surface area (Å²) in [7, 11) is 0. The summed E-state index contributed by atoms with van der Waals surface area (Å²) in [6.45, 7) is 8.43. The Morgan fingerprint density at radius 1 is 1.11 bits per heavy atom. The zero-order valence-corrected chi connectivity index (χ0v) is 16.8. The lowest BCUT2D eigenvalue weighted by molar-refractivity contribution is -0.140. The maximum atomic E-state index is 12.7. The molecule has 0 bridgehead atoms. The van der Waals surface area contributed by atoms with Crippen molar-refractivity contribution in [2.45, 2.75) is 71.4 Å². The van der Waals surface area contributed by atoms with E-state index in [9.17, 15) is 14.4 Å². The van der Waals surface area contributed by atoms with E-state index in [1.54, 1.807) is 29.2 Å². The van der Waals surface area contributed by atoms with Crippen molar-refractivity contribution in [3.05, 3.63) is 29.8 Å². The van der Waals surface area contributed by atoms with Gasteiger partial charge in [0, 0.05) is 29.8 Å². The van der Waals surface area contributed by atoms with Crippen molar-refractivity contribution in [2.75, 3.05) is 11.9 Å². The molecule has 1 aliphatic rings. The van der Waals surface area contributed by atoms with Gasteiger partial charge in [-0.15, -0.1) is 0 Å². The van der Waals surface area contributed by atoms with E-state index in [2.05, 4.69) is 10.6 Å². The summed E-state index contributed by atoms with van der Waals surface area (Å²) in [6, 6.07) is 6.43. The number of nitrogens with one attached hydrogen (secondary N) is 2. The molecule has 1 aliphatic heterocycles. The van der Waals surface area contributed by atoms with E-state index < -0.39 is 6.04 Å². The second-order valence-electron chi connectivity index (χ2n) is 7.71. The fourth-order valence-corrected chi connectivity index (χ4v) is 3.10. The number of rotatable bonds is 6. The lowest BCUT2D eigenvalue weighted by atomic mass is 10.0. The number of benzene rings is 1. The third-order valence-corrected chi connectivity index (χ3v) is 5.18. The van der Waals surface area contributed by atoms with Crippen molar-refractivity contribution in [3.63, 3.8) is 0 Å². The predicted molar refractivity (Wildman–Crippen MR) is 107 cm³/mol. The zero-order valence-electron chi connectivity index (χ0n) is 16.8. The van der Waals surface area contributed by atoms with Crippen LogP contribution in [0.15, 0.2) is 24.3 Å². The number of carbonyl (C=O) groups is 3. The molecule has 1 fully saturated rings. The van der Waals surface area contributed by atoms with Crippen LogP contribution in [-0.4, -0.2) is 40.7 Å². The van der Waals surface area contributed by atoms with Gasteiger partial charge in [-0.1, -0.05) is 13.8 Å². The number of carbonyl (C=O) groups excluding carboxylic acids is 3. The summed E-state index contributed by atoms with van der Waals surface area (Å²) >= 11 is 0. The van der Waals surface area contributed by atoms with Gasteiger partial charge < -0.3 is 15.5 Å². The van der Waals surface area contributed by atoms with Crippen molar-refractivity contribution < 1.29 is 14.4 Å². The van der Waals surface area contributed by atoms with E-state index in [1.165, 1.54) is 0 Å². The average molecular weight is 373 g/mol. The Kier molecular flexibility index (Phi) is 6.99. The predicted octanol–water partition coefficient (Wildman–Crippen LogP) is 3.33. The second kappa shape index (κ2) is 9.02. The Bertz CT molecular complexity index is 682. The first-order valence-electron chi connectivity index (χ1n) is 9.80. The molecule has 3 amide bonds. The van der Waals surface area contributed by atoms with Gasteiger partial charge in [-0.25, -0.2) is 0 Å². The smallest absolute Gasteiger partial charge is 0.251 e. The van der Waals surface area contributed by atoms with Crippen LogP contribution in [-0.2, 0) is 9.59 Å². The highest BCUT2D eigenvalue weighted by molar-refractivity contribution is 5.98. The van der Waals surface area contributed by atoms with Crippen LogP contribution in [0.5, 0.6) is 0 Å². The minimum atomic E-state index is -0.417. The molecule has 1 heterocycles. The fraction of sp³-hybridized carbons (Fsp3) is 0.571. The van der Waals surface area contributed by atoms with Gasteiger partial charge in [-0.05, 0) is 63.8 Å². The van der Waals surface area contributed by atoms with E-state index in [0.717, 1.165) is 19.3 Å². The number of anilines is 1. The molecule has 6 heteroatoms. The molecule has 0 radical (unpaired) electrons. The van der Waals surface area contributed by atoms with Crippen molar-refractivity contribution in [2.24, 2.45) is 0 Å². The maximum absolute atomic E-state index is 12.7. The number of likely N-dealkylation sites (tertiary alicyclic amines) is 1.